The molecule has 354 valence electrons. The fourth-order valence-electron chi connectivity index (χ4n) is 9.79. The normalized spacial score (nSPS) is 15.1. The van der Waals surface area contributed by atoms with Gasteiger partial charge in [0, 0.05) is 0 Å². The summed E-state index contributed by atoms with van der Waals surface area (Å²) in [5.74, 6) is 5.04. The fraction of sp³-hybridized carbons (Fsp3) is 0.867. The van der Waals surface area contributed by atoms with Crippen molar-refractivity contribution in [3.63, 3.8) is 0 Å². The Labute approximate surface area is 382 Å². The predicted molar refractivity (Wildman–Crippen MR) is 278 cm³/mol. The molecule has 0 amide bonds. The average molecular weight is 836 g/mol. The summed E-state index contributed by atoms with van der Waals surface area (Å²) in [4.78, 5) is 0. The zero-order valence-corrected chi connectivity index (χ0v) is 43.1. The van der Waals surface area contributed by atoms with E-state index >= 15 is 0 Å². The second-order valence-electron chi connectivity index (χ2n) is 21.6. The van der Waals surface area contributed by atoms with Crippen LogP contribution in [0.3, 0.4) is 0 Å². The SMILES string of the molecule is C=CC(C)CCCC(C)CCCC(C)CC(=CCCCCC(CCCCCCCC)CCCCCCCCCCCCC(=C)C)CCC(C)CCCC(C)CCCC(=C)C. The highest BCUT2D eigenvalue weighted by molar-refractivity contribution is 5.03. The van der Waals surface area contributed by atoms with Gasteiger partial charge in [-0.25, -0.2) is 0 Å². The molecule has 0 heteroatoms. The summed E-state index contributed by atoms with van der Waals surface area (Å²) in [5.41, 5.74) is 4.50. The molecule has 0 rings (SSSR count). The van der Waals surface area contributed by atoms with E-state index < -0.39 is 0 Å². The smallest absolute Gasteiger partial charge is 0.0265 e. The van der Waals surface area contributed by atoms with Crippen molar-refractivity contribution in [2.24, 2.45) is 35.5 Å². The zero-order valence-electron chi connectivity index (χ0n) is 43.1. The predicted octanol–water partition coefficient (Wildman–Crippen LogP) is 21.9. The van der Waals surface area contributed by atoms with E-state index in [1.807, 2.05) is 0 Å². The number of hydrogen-bond acceptors (Lipinski definition) is 0. The lowest BCUT2D eigenvalue weighted by Gasteiger charge is -2.19. The Balaban J connectivity index is 4.97. The van der Waals surface area contributed by atoms with Crippen molar-refractivity contribution in [1.29, 1.82) is 0 Å². The van der Waals surface area contributed by atoms with Crippen LogP contribution in [0.1, 0.15) is 299 Å². The quantitative estimate of drug-likeness (QED) is 0.0423. The fourth-order valence-corrected chi connectivity index (χ4v) is 9.79. The van der Waals surface area contributed by atoms with Gasteiger partial charge in [-0.1, -0.05) is 250 Å². The number of allylic oxidation sites excluding steroid dienone is 5. The van der Waals surface area contributed by atoms with Crippen molar-refractivity contribution in [1.82, 2.24) is 0 Å². The third kappa shape index (κ3) is 42.3. The average Bonchev–Trinajstić information content (AvgIpc) is 3.20. The largest absolute Gasteiger partial charge is 0.103 e. The summed E-state index contributed by atoms with van der Waals surface area (Å²) in [6.45, 7) is 31.2. The monoisotopic (exact) mass is 835 g/mol. The van der Waals surface area contributed by atoms with Crippen molar-refractivity contribution in [2.75, 3.05) is 0 Å². The third-order valence-electron chi connectivity index (χ3n) is 14.3. The number of unbranched alkanes of at least 4 members (excludes halogenated alkanes) is 16. The molecule has 0 aliphatic heterocycles. The molecule has 6 atom stereocenters. The van der Waals surface area contributed by atoms with E-state index in [1.54, 1.807) is 5.57 Å². The van der Waals surface area contributed by atoms with Crippen LogP contribution in [-0.2, 0) is 0 Å². The molecule has 0 fully saturated rings. The lowest BCUT2D eigenvalue weighted by molar-refractivity contribution is 0.368. The molecule has 0 radical (unpaired) electrons. The highest BCUT2D eigenvalue weighted by atomic mass is 14.2. The topological polar surface area (TPSA) is 0 Å². The van der Waals surface area contributed by atoms with Crippen LogP contribution < -0.4 is 0 Å². The maximum atomic E-state index is 4.10. The van der Waals surface area contributed by atoms with Gasteiger partial charge in [0.15, 0.2) is 0 Å². The first-order valence-corrected chi connectivity index (χ1v) is 27.6. The van der Waals surface area contributed by atoms with Crippen LogP contribution in [0.2, 0.25) is 0 Å². The molecule has 0 heterocycles. The summed E-state index contributed by atoms with van der Waals surface area (Å²) in [6.07, 6.45) is 58.2. The molecule has 0 spiro atoms. The molecule has 0 aliphatic rings. The molecule has 0 saturated carbocycles. The molecule has 60 heavy (non-hydrogen) atoms. The van der Waals surface area contributed by atoms with Crippen LogP contribution in [0.5, 0.6) is 0 Å². The molecule has 0 N–H and O–H groups in total. The first-order chi connectivity index (χ1) is 29.0. The highest BCUT2D eigenvalue weighted by Crippen LogP contribution is 2.29. The van der Waals surface area contributed by atoms with Gasteiger partial charge in [-0.05, 0) is 114 Å². The van der Waals surface area contributed by atoms with Gasteiger partial charge in [0.25, 0.3) is 0 Å². The van der Waals surface area contributed by atoms with Crippen LogP contribution in [0.25, 0.3) is 0 Å². The molecular weight excluding hydrogens is 721 g/mol. The van der Waals surface area contributed by atoms with E-state index in [1.165, 1.54) is 255 Å². The van der Waals surface area contributed by atoms with Gasteiger partial charge in [-0.3, -0.25) is 0 Å². The van der Waals surface area contributed by atoms with E-state index in [4.69, 9.17) is 0 Å². The first-order valence-electron chi connectivity index (χ1n) is 27.6. The summed E-state index contributed by atoms with van der Waals surface area (Å²) in [6, 6.07) is 0. The third-order valence-corrected chi connectivity index (χ3v) is 14.3. The van der Waals surface area contributed by atoms with Crippen LogP contribution >= 0.6 is 0 Å². The van der Waals surface area contributed by atoms with E-state index in [-0.39, 0.29) is 0 Å². The maximum absolute atomic E-state index is 4.10. The van der Waals surface area contributed by atoms with Crippen LogP contribution in [-0.4, -0.2) is 0 Å². The van der Waals surface area contributed by atoms with Crippen LogP contribution in [0.4, 0.5) is 0 Å². The van der Waals surface area contributed by atoms with Gasteiger partial charge in [-0.2, -0.15) is 0 Å². The standard InChI is InChI=1S/C60H114/c1-12-14-15-16-24-28-45-59(46-29-25-22-20-18-17-19-21-23-27-36-52(3)4)47-30-26-31-48-60(50-49-57(10)43-34-41-55(8)39-32-37-53(5)6)51-58(11)44-35-42-56(9)40-33-38-54(7)13-2/h13,48,54-59H,2-3,5,12,14-47,49-51H2,1,4,6-11H3. The molecule has 0 aromatic carbocycles. The Bertz CT molecular complexity index is 980. The Kier molecular flexibility index (Phi) is 42.5. The van der Waals surface area contributed by atoms with Crippen molar-refractivity contribution in [3.05, 3.63) is 48.6 Å². The van der Waals surface area contributed by atoms with Gasteiger partial charge in [-0.15, -0.1) is 19.7 Å². The minimum absolute atomic E-state index is 0.670. The summed E-state index contributed by atoms with van der Waals surface area (Å²) < 4.78 is 0. The van der Waals surface area contributed by atoms with Crippen LogP contribution in [0, 0.1) is 35.5 Å². The molecule has 0 saturated heterocycles. The lowest BCUT2D eigenvalue weighted by atomic mass is 9.87. The van der Waals surface area contributed by atoms with Gasteiger partial charge in [0.1, 0.15) is 0 Å². The number of rotatable bonds is 47. The van der Waals surface area contributed by atoms with E-state index in [0.29, 0.717) is 5.92 Å². The Hall–Kier alpha value is -1.04. The molecule has 0 bridgehead atoms. The maximum Gasteiger partial charge on any atom is -0.0265 e. The summed E-state index contributed by atoms with van der Waals surface area (Å²) in [5, 5.41) is 0. The minimum atomic E-state index is 0.670. The molecule has 0 aromatic heterocycles. The van der Waals surface area contributed by atoms with Gasteiger partial charge < -0.3 is 0 Å². The molecule has 0 nitrogen and oxygen atoms in total. The van der Waals surface area contributed by atoms with Gasteiger partial charge in [0.2, 0.25) is 0 Å². The van der Waals surface area contributed by atoms with E-state index in [0.717, 1.165) is 29.6 Å². The summed E-state index contributed by atoms with van der Waals surface area (Å²) in [7, 11) is 0. The van der Waals surface area contributed by atoms with Gasteiger partial charge >= 0.3 is 0 Å². The van der Waals surface area contributed by atoms with Crippen molar-refractivity contribution in [2.45, 2.75) is 299 Å². The zero-order chi connectivity index (χ0) is 44.5. The molecule has 0 aromatic rings. The van der Waals surface area contributed by atoms with E-state index in [2.05, 4.69) is 87.3 Å². The highest BCUT2D eigenvalue weighted by Gasteiger charge is 2.13. The van der Waals surface area contributed by atoms with Crippen molar-refractivity contribution >= 4 is 0 Å². The second-order valence-corrected chi connectivity index (χ2v) is 21.6. The number of hydrogen-bond donors (Lipinski definition) is 0. The Morgan fingerprint density at radius 2 is 0.800 bits per heavy atom. The lowest BCUT2D eigenvalue weighted by Crippen LogP contribution is -2.04. The minimum Gasteiger partial charge on any atom is -0.103 e. The van der Waals surface area contributed by atoms with Gasteiger partial charge in [0.05, 0.1) is 0 Å². The van der Waals surface area contributed by atoms with Crippen molar-refractivity contribution in [3.8, 4) is 0 Å². The Morgan fingerprint density at radius 1 is 0.400 bits per heavy atom. The first kappa shape index (κ1) is 59.0. The molecule has 0 aliphatic carbocycles. The molecular formula is C60H114. The second kappa shape index (κ2) is 43.2. The van der Waals surface area contributed by atoms with E-state index in [9.17, 15) is 0 Å². The van der Waals surface area contributed by atoms with Crippen LogP contribution in [0.15, 0.2) is 48.6 Å². The molecule has 6 unspecified atom stereocenters. The summed E-state index contributed by atoms with van der Waals surface area (Å²) >= 11 is 0. The Morgan fingerprint density at radius 3 is 1.30 bits per heavy atom. The van der Waals surface area contributed by atoms with Crippen molar-refractivity contribution < 1.29 is 0 Å².